The highest BCUT2D eigenvalue weighted by Crippen LogP contribution is 2.35. The van der Waals surface area contributed by atoms with Crippen LogP contribution in [0.15, 0.2) is 55.5 Å². The van der Waals surface area contributed by atoms with E-state index in [2.05, 4.69) is 20.6 Å². The van der Waals surface area contributed by atoms with Crippen LogP contribution in [0.1, 0.15) is 42.4 Å². The molecule has 0 saturated carbocycles. The average Bonchev–Trinajstić information content (AvgIpc) is 3.54. The molecule has 4 aromatic rings. The van der Waals surface area contributed by atoms with Crippen LogP contribution >= 0.6 is 0 Å². The molecule has 200 valence electrons. The zero-order valence-electron chi connectivity index (χ0n) is 20.9. The van der Waals surface area contributed by atoms with Crippen molar-refractivity contribution in [1.82, 2.24) is 29.9 Å². The number of nitrogens with zero attached hydrogens (tertiary/aromatic N) is 4. The van der Waals surface area contributed by atoms with E-state index in [4.69, 9.17) is 13.9 Å². The molecule has 0 aliphatic carbocycles. The van der Waals surface area contributed by atoms with Crippen LogP contribution in [-0.4, -0.2) is 49.0 Å². The topological polar surface area (TPSA) is 166 Å². The van der Waals surface area contributed by atoms with Crippen LogP contribution in [0.5, 0.6) is 5.75 Å². The highest BCUT2D eigenvalue weighted by molar-refractivity contribution is 5.82. The van der Waals surface area contributed by atoms with Gasteiger partial charge >= 0.3 is 11.3 Å². The Balaban J connectivity index is 1.26. The summed E-state index contributed by atoms with van der Waals surface area (Å²) < 4.78 is 19.9. The van der Waals surface area contributed by atoms with Crippen molar-refractivity contribution < 1.29 is 19.0 Å². The first-order chi connectivity index (χ1) is 18.4. The number of benzene rings is 1. The van der Waals surface area contributed by atoms with Gasteiger partial charge in [0.2, 0.25) is 0 Å². The van der Waals surface area contributed by atoms with Gasteiger partial charge in [-0.1, -0.05) is 17.3 Å². The SMILES string of the molecule is CCOc1cccc2cc(CNCc3cn([C@@H]4C[C@@H](n5cc(C)c(=O)[nH]c5=O)O[C@H]4CO)nn3)c(=O)oc12. The first-order valence-electron chi connectivity index (χ1n) is 12.3. The molecule has 0 radical (unpaired) electrons. The lowest BCUT2D eigenvalue weighted by atomic mass is 10.1. The maximum Gasteiger partial charge on any atom is 0.340 e. The van der Waals surface area contributed by atoms with Crippen molar-refractivity contribution in [3.63, 3.8) is 0 Å². The van der Waals surface area contributed by atoms with Crippen LogP contribution in [0.2, 0.25) is 0 Å². The molecule has 13 heteroatoms. The molecule has 1 aromatic carbocycles. The number of aromatic nitrogens is 5. The summed E-state index contributed by atoms with van der Waals surface area (Å²) >= 11 is 0. The molecule has 3 aromatic heterocycles. The first-order valence-corrected chi connectivity index (χ1v) is 12.3. The molecule has 0 bridgehead atoms. The predicted octanol–water partition coefficient (Wildman–Crippen LogP) is 0.753. The third-order valence-corrected chi connectivity index (χ3v) is 6.46. The molecule has 1 aliphatic heterocycles. The normalized spacial score (nSPS) is 19.3. The minimum absolute atomic E-state index is 0.256. The lowest BCUT2D eigenvalue weighted by Gasteiger charge is -2.15. The molecule has 3 N–H and O–H groups in total. The highest BCUT2D eigenvalue weighted by Gasteiger charge is 2.38. The summed E-state index contributed by atoms with van der Waals surface area (Å²) in [5.74, 6) is 0.526. The van der Waals surface area contributed by atoms with Gasteiger partial charge in [0.05, 0.1) is 36.7 Å². The van der Waals surface area contributed by atoms with Crippen molar-refractivity contribution in [1.29, 1.82) is 0 Å². The molecule has 1 aliphatic rings. The summed E-state index contributed by atoms with van der Waals surface area (Å²) in [5.41, 5.74) is 0.387. The number of aliphatic hydroxyl groups excluding tert-OH is 1. The maximum absolute atomic E-state index is 12.5. The van der Waals surface area contributed by atoms with Gasteiger partial charge < -0.3 is 24.3 Å². The fourth-order valence-corrected chi connectivity index (χ4v) is 4.56. The summed E-state index contributed by atoms with van der Waals surface area (Å²) in [5, 5.41) is 22.2. The van der Waals surface area contributed by atoms with E-state index in [1.165, 1.54) is 10.8 Å². The minimum Gasteiger partial charge on any atom is -0.490 e. The van der Waals surface area contributed by atoms with Crippen molar-refractivity contribution in [3.05, 3.63) is 84.7 Å². The van der Waals surface area contributed by atoms with Gasteiger partial charge in [-0.2, -0.15) is 0 Å². The molecule has 3 atom stereocenters. The number of hydrogen-bond donors (Lipinski definition) is 3. The van der Waals surface area contributed by atoms with Crippen molar-refractivity contribution >= 4 is 11.0 Å². The average molecular weight is 525 g/mol. The molecule has 5 rings (SSSR count). The van der Waals surface area contributed by atoms with Gasteiger partial charge in [0, 0.05) is 36.7 Å². The molecule has 1 saturated heterocycles. The minimum atomic E-state index is -0.679. The quantitative estimate of drug-likeness (QED) is 0.266. The Morgan fingerprint density at radius 2 is 2.08 bits per heavy atom. The lowest BCUT2D eigenvalue weighted by molar-refractivity contribution is -0.0323. The van der Waals surface area contributed by atoms with Crippen molar-refractivity contribution in [3.8, 4) is 5.75 Å². The molecule has 1 fully saturated rings. The van der Waals surface area contributed by atoms with E-state index in [9.17, 15) is 19.5 Å². The Hall–Kier alpha value is -4.07. The van der Waals surface area contributed by atoms with Gasteiger partial charge in [-0.05, 0) is 26.0 Å². The molecule has 4 heterocycles. The second-order valence-corrected chi connectivity index (χ2v) is 9.05. The van der Waals surface area contributed by atoms with Gasteiger partial charge in [0.1, 0.15) is 12.3 Å². The van der Waals surface area contributed by atoms with Crippen molar-refractivity contribution in [2.45, 2.75) is 51.7 Å². The standard InChI is InChI=1S/C25H28N6O7/c1-3-36-19-6-4-5-15-7-16(24(34)38-22(15)19)9-26-10-17-12-31(29-28-17)18-8-21(37-20(18)13-32)30-11-14(2)23(33)27-25(30)35/h4-7,11-12,18,20-21,26,32H,3,8-10,13H2,1-2H3,(H,27,33,35)/t18-,20+,21+/m1/s1. The number of hydrogen-bond acceptors (Lipinski definition) is 10. The third-order valence-electron chi connectivity index (χ3n) is 6.46. The van der Waals surface area contributed by atoms with Crippen LogP contribution in [0.4, 0.5) is 0 Å². The summed E-state index contributed by atoms with van der Waals surface area (Å²) in [6.07, 6.45) is 2.21. The molecule has 38 heavy (non-hydrogen) atoms. The van der Waals surface area contributed by atoms with Crippen LogP contribution in [-0.2, 0) is 17.8 Å². The van der Waals surface area contributed by atoms with E-state index >= 15 is 0 Å². The fraction of sp³-hybridized carbons (Fsp3) is 0.400. The monoisotopic (exact) mass is 524 g/mol. The van der Waals surface area contributed by atoms with Gasteiger partial charge in [-0.3, -0.25) is 14.3 Å². The summed E-state index contributed by atoms with van der Waals surface area (Å²) in [7, 11) is 0. The summed E-state index contributed by atoms with van der Waals surface area (Å²) in [4.78, 5) is 38.8. The molecular weight excluding hydrogens is 496 g/mol. The van der Waals surface area contributed by atoms with Gasteiger partial charge in [-0.25, -0.2) is 14.3 Å². The Bertz CT molecular complexity index is 1620. The van der Waals surface area contributed by atoms with Gasteiger partial charge in [0.15, 0.2) is 11.3 Å². The van der Waals surface area contributed by atoms with E-state index in [0.717, 1.165) is 5.39 Å². The maximum atomic E-state index is 12.5. The fourth-order valence-electron chi connectivity index (χ4n) is 4.56. The van der Waals surface area contributed by atoms with Crippen LogP contribution < -0.4 is 26.9 Å². The second-order valence-electron chi connectivity index (χ2n) is 9.05. The number of rotatable bonds is 9. The zero-order chi connectivity index (χ0) is 26.8. The molecular formula is C25H28N6O7. The van der Waals surface area contributed by atoms with Crippen molar-refractivity contribution in [2.75, 3.05) is 13.2 Å². The second kappa shape index (κ2) is 10.7. The van der Waals surface area contributed by atoms with Gasteiger partial charge in [-0.15, -0.1) is 5.10 Å². The van der Waals surface area contributed by atoms with Crippen LogP contribution in [0.25, 0.3) is 11.0 Å². The molecule has 0 spiro atoms. The number of aromatic amines is 1. The predicted molar refractivity (Wildman–Crippen MR) is 135 cm³/mol. The van der Waals surface area contributed by atoms with E-state index in [0.29, 0.717) is 47.7 Å². The number of ether oxygens (including phenoxy) is 2. The Morgan fingerprint density at radius 1 is 1.24 bits per heavy atom. The smallest absolute Gasteiger partial charge is 0.340 e. The largest absolute Gasteiger partial charge is 0.490 e. The van der Waals surface area contributed by atoms with E-state index in [-0.39, 0.29) is 19.2 Å². The van der Waals surface area contributed by atoms with Gasteiger partial charge in [0.25, 0.3) is 5.56 Å². The van der Waals surface area contributed by atoms with Crippen molar-refractivity contribution in [2.24, 2.45) is 0 Å². The number of fused-ring (bicyclic) bond motifs is 1. The van der Waals surface area contributed by atoms with Crippen LogP contribution in [0, 0.1) is 6.92 Å². The summed E-state index contributed by atoms with van der Waals surface area (Å²) in [6, 6.07) is 6.85. The number of aryl methyl sites for hydroxylation is 1. The zero-order valence-corrected chi connectivity index (χ0v) is 20.9. The number of nitrogens with one attached hydrogen (secondary N) is 2. The molecule has 0 unspecified atom stereocenters. The Morgan fingerprint density at radius 3 is 2.87 bits per heavy atom. The van der Waals surface area contributed by atoms with E-state index in [1.807, 2.05) is 19.1 Å². The van der Waals surface area contributed by atoms with E-state index in [1.54, 1.807) is 29.9 Å². The highest BCUT2D eigenvalue weighted by atomic mass is 16.5. The lowest BCUT2D eigenvalue weighted by Crippen LogP contribution is -2.33. The third kappa shape index (κ3) is 5.03. The van der Waals surface area contributed by atoms with E-state index < -0.39 is 29.2 Å². The molecule has 13 nitrogen and oxygen atoms in total. The Kier molecular flexibility index (Phi) is 7.22. The number of H-pyrrole nitrogens is 1. The summed E-state index contributed by atoms with van der Waals surface area (Å²) in [6.45, 7) is 4.23. The molecule has 0 amide bonds. The Labute approximate surface area is 215 Å². The number of para-hydroxylation sites is 1. The first kappa shape index (κ1) is 25.6. The number of aliphatic hydroxyl groups is 1. The van der Waals surface area contributed by atoms with Crippen LogP contribution in [0.3, 0.4) is 0 Å².